The average molecular weight is 329 g/mol. The third-order valence-electron chi connectivity index (χ3n) is 3.25. The Labute approximate surface area is 137 Å². The van der Waals surface area contributed by atoms with Gasteiger partial charge in [-0.25, -0.2) is 0 Å². The van der Waals surface area contributed by atoms with Gasteiger partial charge < -0.3 is 9.84 Å². The van der Waals surface area contributed by atoms with Crippen LogP contribution in [0.2, 0.25) is 5.02 Å². The quantitative estimate of drug-likeness (QED) is 0.796. The van der Waals surface area contributed by atoms with Crippen LogP contribution < -0.4 is 5.32 Å². The molecular formula is C16H13ClN4O2. The number of pyridine rings is 1. The molecule has 2 heterocycles. The van der Waals surface area contributed by atoms with Crippen LogP contribution >= 0.6 is 11.6 Å². The van der Waals surface area contributed by atoms with Crippen LogP contribution in [0.4, 0.5) is 0 Å². The standard InChI is InChI=1S/C16H13ClN4O2/c1-10-6-7-18-8-13(10)16(22)19-9-14-20-15(21-23-14)11-2-4-12(17)5-3-11/h2-8H,9H2,1H3,(H,19,22). The lowest BCUT2D eigenvalue weighted by Gasteiger charge is -2.04. The molecule has 0 atom stereocenters. The molecule has 6 nitrogen and oxygen atoms in total. The number of carbonyl (C=O) groups is 1. The summed E-state index contributed by atoms with van der Waals surface area (Å²) in [7, 11) is 0. The minimum absolute atomic E-state index is 0.147. The van der Waals surface area contributed by atoms with E-state index in [9.17, 15) is 4.79 Å². The van der Waals surface area contributed by atoms with Crippen LogP contribution in [-0.4, -0.2) is 21.0 Å². The fourth-order valence-corrected chi connectivity index (χ4v) is 2.12. The van der Waals surface area contributed by atoms with E-state index < -0.39 is 0 Å². The monoisotopic (exact) mass is 328 g/mol. The van der Waals surface area contributed by atoms with Gasteiger partial charge in [0, 0.05) is 23.0 Å². The average Bonchev–Trinajstić information content (AvgIpc) is 3.03. The van der Waals surface area contributed by atoms with Crippen molar-refractivity contribution < 1.29 is 9.32 Å². The summed E-state index contributed by atoms with van der Waals surface area (Å²) in [5, 5.41) is 7.26. The molecule has 0 saturated heterocycles. The second kappa shape index (κ2) is 6.58. The molecule has 0 fully saturated rings. The maximum atomic E-state index is 12.1. The van der Waals surface area contributed by atoms with Gasteiger partial charge in [-0.05, 0) is 42.8 Å². The Hall–Kier alpha value is -2.73. The van der Waals surface area contributed by atoms with Crippen LogP contribution in [0, 0.1) is 6.92 Å². The van der Waals surface area contributed by atoms with Gasteiger partial charge in [-0.3, -0.25) is 9.78 Å². The Morgan fingerprint density at radius 2 is 2.04 bits per heavy atom. The van der Waals surface area contributed by atoms with Crippen molar-refractivity contribution >= 4 is 17.5 Å². The summed E-state index contributed by atoms with van der Waals surface area (Å²) in [4.78, 5) is 20.3. The largest absolute Gasteiger partial charge is 0.343 e. The topological polar surface area (TPSA) is 80.9 Å². The Morgan fingerprint density at radius 3 is 2.78 bits per heavy atom. The summed E-state index contributed by atoms with van der Waals surface area (Å²) >= 11 is 5.84. The summed E-state index contributed by atoms with van der Waals surface area (Å²) in [6.45, 7) is 2.00. The molecule has 2 aromatic heterocycles. The first-order valence-corrected chi connectivity index (χ1v) is 7.28. The minimum atomic E-state index is -0.234. The van der Waals surface area contributed by atoms with E-state index in [1.54, 1.807) is 36.5 Å². The second-order valence-electron chi connectivity index (χ2n) is 4.89. The summed E-state index contributed by atoms with van der Waals surface area (Å²) in [5.41, 5.74) is 2.16. The number of halogens is 1. The Kier molecular flexibility index (Phi) is 4.34. The first kappa shape index (κ1) is 15.2. The molecule has 0 saturated carbocycles. The van der Waals surface area contributed by atoms with Crippen LogP contribution in [0.3, 0.4) is 0 Å². The number of hydrogen-bond acceptors (Lipinski definition) is 5. The number of hydrogen-bond donors (Lipinski definition) is 1. The fourth-order valence-electron chi connectivity index (χ4n) is 2.00. The molecule has 1 amide bonds. The second-order valence-corrected chi connectivity index (χ2v) is 5.33. The summed E-state index contributed by atoms with van der Waals surface area (Å²) in [6, 6.07) is 8.88. The normalized spacial score (nSPS) is 10.5. The summed E-state index contributed by atoms with van der Waals surface area (Å²) in [5.74, 6) is 0.537. The van der Waals surface area contributed by atoms with Gasteiger partial charge >= 0.3 is 0 Å². The molecule has 0 aliphatic carbocycles. The van der Waals surface area contributed by atoms with Crippen LogP contribution in [0.5, 0.6) is 0 Å². The first-order valence-electron chi connectivity index (χ1n) is 6.91. The van der Waals surface area contributed by atoms with Crippen LogP contribution in [0.1, 0.15) is 21.8 Å². The van der Waals surface area contributed by atoms with Gasteiger partial charge in [0.25, 0.3) is 5.91 Å². The molecule has 1 aromatic carbocycles. The van der Waals surface area contributed by atoms with E-state index in [2.05, 4.69) is 20.4 Å². The van der Waals surface area contributed by atoms with Gasteiger partial charge in [-0.1, -0.05) is 16.8 Å². The highest BCUT2D eigenvalue weighted by Gasteiger charge is 2.12. The molecule has 3 aromatic rings. The van der Waals surface area contributed by atoms with E-state index in [1.165, 1.54) is 6.20 Å². The summed E-state index contributed by atoms with van der Waals surface area (Å²) in [6.07, 6.45) is 3.17. The Balaban J connectivity index is 1.67. The number of aryl methyl sites for hydroxylation is 1. The van der Waals surface area contributed by atoms with E-state index in [4.69, 9.17) is 16.1 Å². The highest BCUT2D eigenvalue weighted by molar-refractivity contribution is 6.30. The number of rotatable bonds is 4. The van der Waals surface area contributed by atoms with E-state index in [1.807, 2.05) is 6.92 Å². The van der Waals surface area contributed by atoms with E-state index in [0.717, 1.165) is 11.1 Å². The highest BCUT2D eigenvalue weighted by atomic mass is 35.5. The molecule has 0 spiro atoms. The molecule has 7 heteroatoms. The number of carbonyl (C=O) groups excluding carboxylic acids is 1. The van der Waals surface area contributed by atoms with Crippen molar-refractivity contribution in [1.29, 1.82) is 0 Å². The molecule has 116 valence electrons. The van der Waals surface area contributed by atoms with Gasteiger partial charge in [0.05, 0.1) is 12.1 Å². The molecule has 23 heavy (non-hydrogen) atoms. The third kappa shape index (κ3) is 3.54. The third-order valence-corrected chi connectivity index (χ3v) is 3.51. The Bertz CT molecular complexity index is 830. The van der Waals surface area contributed by atoms with Gasteiger partial charge in [-0.15, -0.1) is 0 Å². The van der Waals surface area contributed by atoms with Crippen LogP contribution in [-0.2, 0) is 6.54 Å². The smallest absolute Gasteiger partial charge is 0.253 e. The highest BCUT2D eigenvalue weighted by Crippen LogP contribution is 2.18. The molecule has 0 bridgehead atoms. The predicted octanol–water partition coefficient (Wildman–Crippen LogP) is 3.02. The van der Waals surface area contributed by atoms with Crippen LogP contribution in [0.15, 0.2) is 47.2 Å². The minimum Gasteiger partial charge on any atom is -0.343 e. The van der Waals surface area contributed by atoms with Gasteiger partial charge in [0.15, 0.2) is 0 Å². The molecule has 3 rings (SSSR count). The van der Waals surface area contributed by atoms with E-state index in [0.29, 0.717) is 22.3 Å². The maximum absolute atomic E-state index is 12.1. The van der Waals surface area contributed by atoms with E-state index >= 15 is 0 Å². The van der Waals surface area contributed by atoms with Gasteiger partial charge in [0.1, 0.15) is 0 Å². The van der Waals surface area contributed by atoms with E-state index in [-0.39, 0.29) is 12.5 Å². The zero-order chi connectivity index (χ0) is 16.2. The lowest BCUT2D eigenvalue weighted by molar-refractivity contribution is 0.0945. The van der Waals surface area contributed by atoms with Gasteiger partial charge in [0.2, 0.25) is 11.7 Å². The molecule has 0 unspecified atom stereocenters. The SMILES string of the molecule is Cc1ccncc1C(=O)NCc1nc(-c2ccc(Cl)cc2)no1. The van der Waals surface area contributed by atoms with Gasteiger partial charge in [-0.2, -0.15) is 4.98 Å². The maximum Gasteiger partial charge on any atom is 0.253 e. The Morgan fingerprint density at radius 1 is 1.26 bits per heavy atom. The molecular weight excluding hydrogens is 316 g/mol. The number of aromatic nitrogens is 3. The predicted molar refractivity (Wildman–Crippen MR) is 84.9 cm³/mol. The lowest BCUT2D eigenvalue weighted by Crippen LogP contribution is -2.23. The number of amides is 1. The molecule has 0 radical (unpaired) electrons. The van der Waals surface area contributed by atoms with Crippen molar-refractivity contribution in [3.63, 3.8) is 0 Å². The van der Waals surface area contributed by atoms with Crippen molar-refractivity contribution in [2.75, 3.05) is 0 Å². The first-order chi connectivity index (χ1) is 11.1. The molecule has 0 aliphatic rings. The van der Waals surface area contributed by atoms with Crippen molar-refractivity contribution in [2.45, 2.75) is 13.5 Å². The zero-order valence-corrected chi connectivity index (χ0v) is 13.0. The molecule has 0 aliphatic heterocycles. The number of nitrogens with zero attached hydrogens (tertiary/aromatic N) is 3. The van der Waals surface area contributed by atoms with Crippen molar-refractivity contribution in [2.24, 2.45) is 0 Å². The zero-order valence-electron chi connectivity index (χ0n) is 12.3. The van der Waals surface area contributed by atoms with Crippen LogP contribution in [0.25, 0.3) is 11.4 Å². The fraction of sp³-hybridized carbons (Fsp3) is 0.125. The molecule has 1 N–H and O–H groups in total. The summed E-state index contributed by atoms with van der Waals surface area (Å²) < 4.78 is 5.14. The number of benzene rings is 1. The van der Waals surface area contributed by atoms with Crippen molar-refractivity contribution in [3.05, 3.63) is 64.8 Å². The van der Waals surface area contributed by atoms with Crippen molar-refractivity contribution in [3.8, 4) is 11.4 Å². The lowest BCUT2D eigenvalue weighted by atomic mass is 10.1. The number of nitrogens with one attached hydrogen (secondary N) is 1. The van der Waals surface area contributed by atoms with Crippen molar-refractivity contribution in [1.82, 2.24) is 20.4 Å².